The van der Waals surface area contributed by atoms with Crippen molar-refractivity contribution in [1.82, 2.24) is 5.16 Å². The van der Waals surface area contributed by atoms with E-state index in [4.69, 9.17) is 10.3 Å². The quantitative estimate of drug-likeness (QED) is 0.672. The Balaban J connectivity index is 2.90. The molecule has 0 saturated carbocycles. The topological polar surface area (TPSA) is 52.0 Å². The zero-order valence-corrected chi connectivity index (χ0v) is 6.29. The maximum atomic E-state index is 5.40. The van der Waals surface area contributed by atoms with E-state index in [-0.39, 0.29) is 0 Å². The van der Waals surface area contributed by atoms with Crippen LogP contribution in [-0.4, -0.2) is 5.16 Å². The van der Waals surface area contributed by atoms with Crippen molar-refractivity contribution in [2.45, 2.75) is 26.3 Å². The third-order valence-electron chi connectivity index (χ3n) is 1.48. The number of aromatic nitrogens is 1. The minimum atomic E-state index is 0.438. The maximum Gasteiger partial charge on any atom is 0.153 e. The van der Waals surface area contributed by atoms with E-state index in [1.807, 2.05) is 0 Å². The normalized spacial score (nSPS) is 10.8. The molecule has 3 heteroatoms. The lowest BCUT2D eigenvalue weighted by Crippen LogP contribution is -1.99. The molecule has 0 saturated heterocycles. The van der Waals surface area contributed by atoms with Crippen molar-refractivity contribution < 1.29 is 4.52 Å². The van der Waals surface area contributed by atoms with Crippen LogP contribution in [0.3, 0.4) is 0 Å². The minimum Gasteiger partial charge on any atom is -0.360 e. The number of rotatable bonds is 2. The largest absolute Gasteiger partial charge is 0.360 e. The number of hydrogen-bond acceptors (Lipinski definition) is 3. The summed E-state index contributed by atoms with van der Waals surface area (Å²) in [4.78, 5) is 0. The summed E-state index contributed by atoms with van der Waals surface area (Å²) in [6.07, 6.45) is 1.73. The van der Waals surface area contributed by atoms with Gasteiger partial charge in [0.2, 0.25) is 0 Å². The highest BCUT2D eigenvalue weighted by atomic mass is 16.5. The van der Waals surface area contributed by atoms with E-state index in [9.17, 15) is 0 Å². The molecule has 0 amide bonds. The van der Waals surface area contributed by atoms with Crippen molar-refractivity contribution in [3.8, 4) is 0 Å². The van der Waals surface area contributed by atoms with E-state index >= 15 is 0 Å². The second-order valence-corrected chi connectivity index (χ2v) is 2.56. The van der Waals surface area contributed by atoms with Crippen molar-refractivity contribution >= 4 is 0 Å². The molecule has 0 aliphatic carbocycles. The summed E-state index contributed by atoms with van der Waals surface area (Å²) >= 11 is 0. The van der Waals surface area contributed by atoms with E-state index in [1.54, 1.807) is 6.20 Å². The highest BCUT2D eigenvalue weighted by Gasteiger charge is 2.08. The number of nitrogens with two attached hydrogens (primary N) is 1. The van der Waals surface area contributed by atoms with Gasteiger partial charge in [-0.1, -0.05) is 19.0 Å². The average molecular weight is 140 g/mol. The summed E-state index contributed by atoms with van der Waals surface area (Å²) < 4.78 is 4.90. The molecule has 3 nitrogen and oxygen atoms in total. The summed E-state index contributed by atoms with van der Waals surface area (Å²) in [5, 5.41) is 3.66. The molecular weight excluding hydrogens is 128 g/mol. The zero-order valence-electron chi connectivity index (χ0n) is 6.29. The SMILES string of the molecule is CC(C)c1cnoc1CN. The van der Waals surface area contributed by atoms with Crippen LogP contribution < -0.4 is 5.73 Å². The van der Waals surface area contributed by atoms with Crippen LogP contribution in [0.4, 0.5) is 0 Å². The molecule has 1 aromatic rings. The molecule has 0 fully saturated rings. The van der Waals surface area contributed by atoms with Crippen LogP contribution in [0.1, 0.15) is 31.1 Å². The first kappa shape index (κ1) is 7.28. The van der Waals surface area contributed by atoms with Crippen molar-refractivity contribution in [3.63, 3.8) is 0 Å². The Hall–Kier alpha value is -0.830. The van der Waals surface area contributed by atoms with Gasteiger partial charge in [0.05, 0.1) is 12.7 Å². The van der Waals surface area contributed by atoms with Crippen molar-refractivity contribution in [2.75, 3.05) is 0 Å². The molecule has 0 radical (unpaired) electrons. The smallest absolute Gasteiger partial charge is 0.153 e. The van der Waals surface area contributed by atoms with Gasteiger partial charge in [0, 0.05) is 5.56 Å². The molecule has 0 bridgehead atoms. The summed E-state index contributed by atoms with van der Waals surface area (Å²) in [6, 6.07) is 0. The molecule has 0 unspecified atom stereocenters. The molecule has 2 N–H and O–H groups in total. The zero-order chi connectivity index (χ0) is 7.56. The molecule has 1 rings (SSSR count). The van der Waals surface area contributed by atoms with Gasteiger partial charge in [-0.25, -0.2) is 0 Å². The van der Waals surface area contributed by atoms with Crippen LogP contribution in [0, 0.1) is 0 Å². The highest BCUT2D eigenvalue weighted by Crippen LogP contribution is 2.17. The van der Waals surface area contributed by atoms with Crippen molar-refractivity contribution in [1.29, 1.82) is 0 Å². The summed E-state index contributed by atoms with van der Waals surface area (Å²) in [5.74, 6) is 1.25. The lowest BCUT2D eigenvalue weighted by atomic mass is 10.1. The molecule has 0 aliphatic heterocycles. The molecule has 0 aromatic carbocycles. The van der Waals surface area contributed by atoms with Gasteiger partial charge in [0.25, 0.3) is 0 Å². The lowest BCUT2D eigenvalue weighted by molar-refractivity contribution is 0.382. The lowest BCUT2D eigenvalue weighted by Gasteiger charge is -1.99. The maximum absolute atomic E-state index is 5.40. The number of hydrogen-bond donors (Lipinski definition) is 1. The van der Waals surface area contributed by atoms with Gasteiger partial charge >= 0.3 is 0 Å². The Morgan fingerprint density at radius 2 is 2.40 bits per heavy atom. The van der Waals surface area contributed by atoms with Crippen LogP contribution in [-0.2, 0) is 6.54 Å². The van der Waals surface area contributed by atoms with Gasteiger partial charge in [-0.3, -0.25) is 0 Å². The van der Waals surface area contributed by atoms with Crippen LogP contribution >= 0.6 is 0 Å². The van der Waals surface area contributed by atoms with Gasteiger partial charge in [0.1, 0.15) is 0 Å². The van der Waals surface area contributed by atoms with Crippen LogP contribution in [0.25, 0.3) is 0 Å². The summed E-state index contributed by atoms with van der Waals surface area (Å²) in [7, 11) is 0. The molecule has 56 valence electrons. The standard InChI is InChI=1S/C7H12N2O/c1-5(2)6-4-9-10-7(6)3-8/h4-5H,3,8H2,1-2H3. The van der Waals surface area contributed by atoms with Crippen LogP contribution in [0.15, 0.2) is 10.7 Å². The van der Waals surface area contributed by atoms with E-state index in [2.05, 4.69) is 19.0 Å². The molecule has 10 heavy (non-hydrogen) atoms. The number of nitrogens with zero attached hydrogens (tertiary/aromatic N) is 1. The fraction of sp³-hybridized carbons (Fsp3) is 0.571. The van der Waals surface area contributed by atoms with E-state index in [1.165, 1.54) is 0 Å². The molecule has 0 spiro atoms. The second kappa shape index (κ2) is 2.84. The molecular formula is C7H12N2O. The first-order valence-corrected chi connectivity index (χ1v) is 3.39. The first-order chi connectivity index (χ1) is 4.75. The fourth-order valence-electron chi connectivity index (χ4n) is 0.898. The minimum absolute atomic E-state index is 0.438. The van der Waals surface area contributed by atoms with Gasteiger partial charge in [0.15, 0.2) is 5.76 Å². The summed E-state index contributed by atoms with van der Waals surface area (Å²) in [5.41, 5.74) is 6.51. The summed E-state index contributed by atoms with van der Waals surface area (Å²) in [6.45, 7) is 4.62. The molecule has 1 heterocycles. The van der Waals surface area contributed by atoms with Gasteiger partial charge in [-0.15, -0.1) is 0 Å². The predicted molar refractivity (Wildman–Crippen MR) is 38.5 cm³/mol. The molecule has 0 atom stereocenters. The van der Waals surface area contributed by atoms with Crippen molar-refractivity contribution in [3.05, 3.63) is 17.5 Å². The molecule has 0 aliphatic rings. The van der Waals surface area contributed by atoms with Gasteiger partial charge in [-0.2, -0.15) is 0 Å². The Bertz CT molecular complexity index is 205. The monoisotopic (exact) mass is 140 g/mol. The predicted octanol–water partition coefficient (Wildman–Crippen LogP) is 1.26. The Morgan fingerprint density at radius 3 is 2.80 bits per heavy atom. The van der Waals surface area contributed by atoms with Gasteiger partial charge < -0.3 is 10.3 Å². The first-order valence-electron chi connectivity index (χ1n) is 3.39. The fourth-order valence-corrected chi connectivity index (χ4v) is 0.898. The Morgan fingerprint density at radius 1 is 1.70 bits per heavy atom. The average Bonchev–Trinajstić information content (AvgIpc) is 2.33. The van der Waals surface area contributed by atoms with Gasteiger partial charge in [-0.05, 0) is 5.92 Å². The van der Waals surface area contributed by atoms with Crippen molar-refractivity contribution in [2.24, 2.45) is 5.73 Å². The Kier molecular flexibility index (Phi) is 2.06. The Labute approximate surface area is 60.2 Å². The third-order valence-corrected chi connectivity index (χ3v) is 1.48. The third kappa shape index (κ3) is 1.19. The second-order valence-electron chi connectivity index (χ2n) is 2.56. The molecule has 1 aromatic heterocycles. The highest BCUT2D eigenvalue weighted by molar-refractivity contribution is 5.16. The van der Waals surface area contributed by atoms with Crippen LogP contribution in [0.2, 0.25) is 0 Å². The van der Waals surface area contributed by atoms with E-state index in [0.717, 1.165) is 11.3 Å². The van der Waals surface area contributed by atoms with E-state index < -0.39 is 0 Å². The van der Waals surface area contributed by atoms with E-state index in [0.29, 0.717) is 12.5 Å². The van der Waals surface area contributed by atoms with Crippen LogP contribution in [0.5, 0.6) is 0 Å².